The van der Waals surface area contributed by atoms with Crippen LogP contribution in [0.25, 0.3) is 16.6 Å². The number of carbonyl (C=O) groups is 2. The second kappa shape index (κ2) is 8.35. The van der Waals surface area contributed by atoms with E-state index in [1.807, 2.05) is 35.6 Å². The quantitative estimate of drug-likeness (QED) is 0.427. The summed E-state index contributed by atoms with van der Waals surface area (Å²) in [6.07, 6.45) is 2.21. The Bertz CT molecular complexity index is 1340. The molecule has 4 aromatic rings. The van der Waals surface area contributed by atoms with Crippen LogP contribution in [0.15, 0.2) is 59.8 Å². The Morgan fingerprint density at radius 2 is 1.88 bits per heavy atom. The van der Waals surface area contributed by atoms with Gasteiger partial charge in [-0.1, -0.05) is 36.4 Å². The van der Waals surface area contributed by atoms with Crippen molar-refractivity contribution in [3.05, 3.63) is 71.5 Å². The van der Waals surface area contributed by atoms with Crippen molar-refractivity contribution in [3.63, 3.8) is 0 Å². The molecule has 0 N–H and O–H groups in total. The summed E-state index contributed by atoms with van der Waals surface area (Å²) in [4.78, 5) is 27.6. The molecule has 162 valence electrons. The second-order valence-electron chi connectivity index (χ2n) is 7.92. The van der Waals surface area contributed by atoms with Crippen LogP contribution < -0.4 is 0 Å². The van der Waals surface area contributed by atoms with E-state index >= 15 is 0 Å². The summed E-state index contributed by atoms with van der Waals surface area (Å²) in [6, 6.07) is 15.3. The number of amides is 2. The first-order chi connectivity index (χ1) is 15.5. The zero-order chi connectivity index (χ0) is 22.2. The molecule has 1 atom stereocenters. The minimum absolute atomic E-state index is 0.241. The molecule has 32 heavy (non-hydrogen) atoms. The van der Waals surface area contributed by atoms with Gasteiger partial charge in [0, 0.05) is 17.5 Å². The number of rotatable bonds is 3. The number of hydrogen-bond acceptors (Lipinski definition) is 5. The van der Waals surface area contributed by atoms with Gasteiger partial charge in [0.2, 0.25) is 5.91 Å². The van der Waals surface area contributed by atoms with Crippen LogP contribution in [0.4, 0.5) is 4.39 Å². The Balaban J connectivity index is 1.48. The lowest BCUT2D eigenvalue weighted by molar-refractivity contribution is -0.127. The van der Waals surface area contributed by atoms with Gasteiger partial charge < -0.3 is 0 Å². The Hall–Kier alpha value is -3.26. The standard InChI is InChI=1S/C24H21FN4O2S/c1-15-14-21-26-27-24(29(21)19-7-3-2-6-18(15)19)32-20-8-4-5-13-28(23(20)31)22(30)16-9-11-17(25)12-10-16/h2-3,6-7,9-12,14,20H,4-5,8,13H2,1H3/t20-/m0/s1. The highest BCUT2D eigenvalue weighted by Gasteiger charge is 2.33. The summed E-state index contributed by atoms with van der Waals surface area (Å²) < 4.78 is 15.2. The fourth-order valence-corrected chi connectivity index (χ4v) is 5.30. The molecule has 6 nitrogen and oxygen atoms in total. The Morgan fingerprint density at radius 1 is 1.09 bits per heavy atom. The number of likely N-dealkylation sites (tertiary alicyclic amines) is 1. The molecule has 1 aliphatic rings. The van der Waals surface area contributed by atoms with E-state index in [0.29, 0.717) is 23.7 Å². The molecule has 0 unspecified atom stereocenters. The number of aryl methyl sites for hydroxylation is 1. The molecular weight excluding hydrogens is 427 g/mol. The van der Waals surface area contributed by atoms with Crippen molar-refractivity contribution in [2.75, 3.05) is 6.54 Å². The van der Waals surface area contributed by atoms with Crippen molar-refractivity contribution in [2.24, 2.45) is 0 Å². The smallest absolute Gasteiger partial charge is 0.260 e. The number of hydrogen-bond donors (Lipinski definition) is 0. The predicted molar refractivity (Wildman–Crippen MR) is 121 cm³/mol. The van der Waals surface area contributed by atoms with E-state index in [4.69, 9.17) is 0 Å². The van der Waals surface area contributed by atoms with Crippen LogP contribution in [-0.2, 0) is 4.79 Å². The number of nitrogens with zero attached hydrogens (tertiary/aromatic N) is 4. The highest BCUT2D eigenvalue weighted by molar-refractivity contribution is 8.00. The zero-order valence-corrected chi connectivity index (χ0v) is 18.3. The zero-order valence-electron chi connectivity index (χ0n) is 17.5. The first kappa shape index (κ1) is 20.6. The van der Waals surface area contributed by atoms with Crippen molar-refractivity contribution in [1.29, 1.82) is 0 Å². The van der Waals surface area contributed by atoms with Gasteiger partial charge in [-0.15, -0.1) is 10.2 Å². The van der Waals surface area contributed by atoms with Crippen LogP contribution in [0.5, 0.6) is 0 Å². The molecular formula is C24H21FN4O2S. The van der Waals surface area contributed by atoms with Gasteiger partial charge in [-0.2, -0.15) is 0 Å². The molecule has 5 rings (SSSR count). The molecule has 0 bridgehead atoms. The highest BCUT2D eigenvalue weighted by atomic mass is 32.2. The van der Waals surface area contributed by atoms with Gasteiger partial charge in [-0.3, -0.25) is 18.9 Å². The van der Waals surface area contributed by atoms with E-state index in [0.717, 1.165) is 35.0 Å². The van der Waals surface area contributed by atoms with Crippen LogP contribution in [0.3, 0.4) is 0 Å². The fraction of sp³-hybridized carbons (Fsp3) is 0.250. The van der Waals surface area contributed by atoms with Crippen molar-refractivity contribution >= 4 is 40.1 Å². The van der Waals surface area contributed by atoms with E-state index in [1.54, 1.807) is 0 Å². The maximum absolute atomic E-state index is 13.4. The topological polar surface area (TPSA) is 67.6 Å². The number of fused-ring (bicyclic) bond motifs is 3. The highest BCUT2D eigenvalue weighted by Crippen LogP contribution is 2.32. The molecule has 0 saturated carbocycles. The number of carbonyl (C=O) groups excluding carboxylic acids is 2. The lowest BCUT2D eigenvalue weighted by Crippen LogP contribution is -2.41. The number of para-hydroxylation sites is 1. The van der Waals surface area contributed by atoms with Crippen LogP contribution in [0.1, 0.15) is 35.2 Å². The van der Waals surface area contributed by atoms with Gasteiger partial charge in [0.05, 0.1) is 10.8 Å². The first-order valence-electron chi connectivity index (χ1n) is 10.5. The third kappa shape index (κ3) is 3.64. The summed E-state index contributed by atoms with van der Waals surface area (Å²) in [7, 11) is 0. The number of thioether (sulfide) groups is 1. The molecule has 2 aromatic carbocycles. The molecule has 1 saturated heterocycles. The van der Waals surface area contributed by atoms with Gasteiger partial charge in [-0.25, -0.2) is 4.39 Å². The van der Waals surface area contributed by atoms with Crippen molar-refractivity contribution in [1.82, 2.24) is 19.5 Å². The van der Waals surface area contributed by atoms with E-state index in [1.165, 1.54) is 40.9 Å². The van der Waals surface area contributed by atoms with Crippen molar-refractivity contribution in [2.45, 2.75) is 36.6 Å². The Kier molecular flexibility index (Phi) is 5.38. The largest absolute Gasteiger partial charge is 0.278 e. The SMILES string of the molecule is Cc1cc2nnc(S[C@H]3CCCCN(C(=O)c4ccc(F)cc4)C3=O)n2c2ccccc12. The summed E-state index contributed by atoms with van der Waals surface area (Å²) in [6.45, 7) is 2.40. The lowest BCUT2D eigenvalue weighted by Gasteiger charge is -2.22. The Labute approximate surface area is 188 Å². The van der Waals surface area contributed by atoms with Gasteiger partial charge in [0.25, 0.3) is 5.91 Å². The number of pyridine rings is 1. The summed E-state index contributed by atoms with van der Waals surface area (Å²) in [5.74, 6) is -1.05. The van der Waals surface area contributed by atoms with Crippen molar-refractivity contribution in [3.8, 4) is 0 Å². The van der Waals surface area contributed by atoms with E-state index in [-0.39, 0.29) is 5.91 Å². The number of halogens is 1. The molecule has 1 aliphatic heterocycles. The number of imide groups is 1. The van der Waals surface area contributed by atoms with Gasteiger partial charge in [0.15, 0.2) is 10.8 Å². The van der Waals surface area contributed by atoms with Crippen LogP contribution in [0.2, 0.25) is 0 Å². The van der Waals surface area contributed by atoms with E-state index in [2.05, 4.69) is 16.3 Å². The molecule has 2 amide bonds. The van der Waals surface area contributed by atoms with E-state index < -0.39 is 17.0 Å². The third-order valence-electron chi connectivity index (χ3n) is 5.80. The molecule has 1 fully saturated rings. The average molecular weight is 449 g/mol. The second-order valence-corrected chi connectivity index (χ2v) is 9.09. The minimum Gasteiger partial charge on any atom is -0.278 e. The van der Waals surface area contributed by atoms with Gasteiger partial charge in [0.1, 0.15) is 5.82 Å². The average Bonchev–Trinajstić information content (AvgIpc) is 3.11. The lowest BCUT2D eigenvalue weighted by atomic mass is 10.1. The minimum atomic E-state index is -0.450. The third-order valence-corrected chi connectivity index (χ3v) is 6.99. The monoisotopic (exact) mass is 448 g/mol. The molecule has 2 aromatic heterocycles. The molecule has 3 heterocycles. The molecule has 0 radical (unpaired) electrons. The van der Waals surface area contributed by atoms with Crippen LogP contribution in [-0.4, -0.2) is 43.1 Å². The molecule has 0 spiro atoms. The van der Waals surface area contributed by atoms with Gasteiger partial charge in [-0.05, 0) is 61.7 Å². The van der Waals surface area contributed by atoms with Crippen LogP contribution in [0, 0.1) is 12.7 Å². The first-order valence-corrected chi connectivity index (χ1v) is 11.4. The maximum Gasteiger partial charge on any atom is 0.260 e. The molecule has 8 heteroatoms. The summed E-state index contributed by atoms with van der Waals surface area (Å²) in [5, 5.41) is 9.96. The maximum atomic E-state index is 13.4. The normalized spacial score (nSPS) is 17.1. The Morgan fingerprint density at radius 3 is 2.69 bits per heavy atom. The predicted octanol–water partition coefficient (Wildman–Crippen LogP) is 4.64. The van der Waals surface area contributed by atoms with Crippen LogP contribution >= 0.6 is 11.8 Å². The number of benzene rings is 2. The fourth-order valence-electron chi connectivity index (χ4n) is 4.14. The summed E-state index contributed by atoms with van der Waals surface area (Å²) in [5.41, 5.74) is 3.12. The van der Waals surface area contributed by atoms with Gasteiger partial charge >= 0.3 is 0 Å². The van der Waals surface area contributed by atoms with Crippen molar-refractivity contribution < 1.29 is 14.0 Å². The number of aromatic nitrogens is 3. The summed E-state index contributed by atoms with van der Waals surface area (Å²) >= 11 is 1.35. The van der Waals surface area contributed by atoms with E-state index in [9.17, 15) is 14.0 Å². The molecule has 0 aliphatic carbocycles.